The molecule has 2 aliphatic heterocycles. The number of hydrogen-bond acceptors (Lipinski definition) is 3. The zero-order valence-corrected chi connectivity index (χ0v) is 17.0. The first-order valence-corrected chi connectivity index (χ1v) is 10.0. The zero-order chi connectivity index (χ0) is 20.7. The molecule has 0 unspecified atom stereocenters. The minimum Gasteiger partial charge on any atom is -0.305 e. The maximum atomic E-state index is 13.3. The summed E-state index contributed by atoms with van der Waals surface area (Å²) in [4.78, 5) is 21.3. The highest BCUT2D eigenvalue weighted by atomic mass is 35.5. The van der Waals surface area contributed by atoms with E-state index in [0.717, 1.165) is 28.1 Å². The molecule has 5 heteroatoms. The van der Waals surface area contributed by atoms with Crippen molar-refractivity contribution in [2.75, 3.05) is 7.05 Å². The average Bonchev–Trinajstić information content (AvgIpc) is 2.79. The van der Waals surface area contributed by atoms with Crippen LogP contribution in [0.1, 0.15) is 16.7 Å². The number of nitrogens with zero attached hydrogens (tertiary/aromatic N) is 3. The van der Waals surface area contributed by atoms with Gasteiger partial charge in [0, 0.05) is 18.2 Å². The smallest absolute Gasteiger partial charge is 0.294 e. The van der Waals surface area contributed by atoms with Gasteiger partial charge in [0.2, 0.25) is 5.84 Å². The van der Waals surface area contributed by atoms with Gasteiger partial charge >= 0.3 is 0 Å². The monoisotopic (exact) mass is 411 g/mol. The summed E-state index contributed by atoms with van der Waals surface area (Å²) in [6.07, 6.45) is 2.04. The van der Waals surface area contributed by atoms with Crippen molar-refractivity contribution in [1.82, 2.24) is 9.80 Å². The maximum Gasteiger partial charge on any atom is 0.294 e. The van der Waals surface area contributed by atoms with Gasteiger partial charge in [0.15, 0.2) is 0 Å². The molecule has 0 bridgehead atoms. The minimum atomic E-state index is -0.202. The van der Waals surface area contributed by atoms with Crippen molar-refractivity contribution in [2.24, 2.45) is 4.99 Å². The molecule has 146 valence electrons. The van der Waals surface area contributed by atoms with Crippen LogP contribution in [0.5, 0.6) is 0 Å². The Kier molecular flexibility index (Phi) is 4.49. The molecule has 0 aromatic heterocycles. The number of likely N-dealkylation sites (N-methyl/N-ethyl adjacent to an activating group) is 1. The number of fused-ring (bicyclic) bond motifs is 2. The summed E-state index contributed by atoms with van der Waals surface area (Å²) in [6.45, 7) is 0. The van der Waals surface area contributed by atoms with Gasteiger partial charge < -0.3 is 4.90 Å². The Bertz CT molecular complexity index is 1230. The van der Waals surface area contributed by atoms with E-state index in [1.165, 1.54) is 0 Å². The number of rotatable bonds is 2. The molecule has 0 N–H and O–H groups in total. The van der Waals surface area contributed by atoms with Crippen molar-refractivity contribution in [3.63, 3.8) is 0 Å². The van der Waals surface area contributed by atoms with E-state index in [4.69, 9.17) is 11.6 Å². The first-order chi connectivity index (χ1) is 14.6. The fourth-order valence-electron chi connectivity index (χ4n) is 3.78. The van der Waals surface area contributed by atoms with E-state index < -0.39 is 0 Å². The average molecular weight is 412 g/mol. The van der Waals surface area contributed by atoms with Gasteiger partial charge in [0.05, 0.1) is 17.1 Å². The lowest BCUT2D eigenvalue weighted by Gasteiger charge is -2.39. The summed E-state index contributed by atoms with van der Waals surface area (Å²) in [6, 6.07) is 27.5. The molecule has 4 nitrogen and oxygen atoms in total. The van der Waals surface area contributed by atoms with Crippen LogP contribution >= 0.6 is 11.6 Å². The van der Waals surface area contributed by atoms with E-state index in [1.807, 2.05) is 91.0 Å². The third-order valence-corrected chi connectivity index (χ3v) is 5.58. The normalized spacial score (nSPS) is 17.1. The van der Waals surface area contributed by atoms with Crippen LogP contribution in [0, 0.1) is 0 Å². The molecular formula is C25H18ClN3O. The Morgan fingerprint density at radius 2 is 1.50 bits per heavy atom. The molecule has 0 atom stereocenters. The molecule has 0 saturated heterocycles. The predicted octanol–water partition coefficient (Wildman–Crippen LogP) is 5.57. The van der Waals surface area contributed by atoms with Crippen LogP contribution in [0.15, 0.2) is 95.1 Å². The first-order valence-electron chi connectivity index (χ1n) is 9.63. The van der Waals surface area contributed by atoms with E-state index in [2.05, 4.69) is 4.99 Å². The topological polar surface area (TPSA) is 35.9 Å². The van der Waals surface area contributed by atoms with Crippen molar-refractivity contribution in [2.45, 2.75) is 0 Å². The number of aliphatic imine (C=N–C) groups is 1. The van der Waals surface area contributed by atoms with Gasteiger partial charge in [-0.2, -0.15) is 0 Å². The molecule has 3 aromatic carbocycles. The fraction of sp³-hybridized carbons (Fsp3) is 0.0400. The minimum absolute atomic E-state index is 0.202. The number of amides is 1. The summed E-state index contributed by atoms with van der Waals surface area (Å²) >= 11 is 6.97. The molecule has 2 heterocycles. The third kappa shape index (κ3) is 2.93. The van der Waals surface area contributed by atoms with Crippen LogP contribution in [0.3, 0.4) is 0 Å². The fourth-order valence-corrected chi connectivity index (χ4v) is 4.19. The number of carbonyl (C=O) groups is 1. The van der Waals surface area contributed by atoms with Crippen molar-refractivity contribution in [3.8, 4) is 0 Å². The molecule has 0 aliphatic carbocycles. The highest BCUT2D eigenvalue weighted by molar-refractivity contribution is 6.48. The maximum absolute atomic E-state index is 13.3. The van der Waals surface area contributed by atoms with Gasteiger partial charge in [-0.25, -0.2) is 4.99 Å². The summed E-state index contributed by atoms with van der Waals surface area (Å²) in [7, 11) is 1.73. The molecule has 30 heavy (non-hydrogen) atoms. The number of halogens is 1. The Labute approximate surface area is 180 Å². The number of amidine groups is 1. The lowest BCUT2D eigenvalue weighted by atomic mass is 10.0. The summed E-state index contributed by atoms with van der Waals surface area (Å²) < 4.78 is 0. The Morgan fingerprint density at radius 3 is 2.23 bits per heavy atom. The largest absolute Gasteiger partial charge is 0.305 e. The molecule has 2 aliphatic rings. The standard InChI is InChI=1S/C25H18ClN3O/c1-28-22(18-12-6-3-7-13-18)23(26)29-21(16-17-10-4-2-5-11-17)19-14-8-9-15-20(19)27-24(29)25(28)30/h2-16H,1H3/b21-16+. The molecule has 0 spiro atoms. The van der Waals surface area contributed by atoms with E-state index in [9.17, 15) is 4.79 Å². The molecule has 0 radical (unpaired) electrons. The van der Waals surface area contributed by atoms with Gasteiger partial charge in [-0.05, 0) is 17.7 Å². The second-order valence-corrected chi connectivity index (χ2v) is 7.46. The van der Waals surface area contributed by atoms with Gasteiger partial charge in [-0.1, -0.05) is 90.5 Å². The quantitative estimate of drug-likeness (QED) is 0.517. The van der Waals surface area contributed by atoms with Gasteiger partial charge in [-0.15, -0.1) is 0 Å². The predicted molar refractivity (Wildman–Crippen MR) is 122 cm³/mol. The van der Waals surface area contributed by atoms with Crippen LogP contribution in [0.2, 0.25) is 0 Å². The highest BCUT2D eigenvalue weighted by Gasteiger charge is 2.40. The summed E-state index contributed by atoms with van der Waals surface area (Å²) in [5, 5.41) is 0.443. The summed E-state index contributed by atoms with van der Waals surface area (Å²) in [5.41, 5.74) is 5.03. The molecule has 3 aromatic rings. The Balaban J connectivity index is 1.78. The SMILES string of the molecule is CN1C(=O)C2=Nc3ccccc3/C(=C\c3ccccc3)N2C(Cl)=C1c1ccccc1. The second-order valence-electron chi connectivity index (χ2n) is 7.10. The van der Waals surface area contributed by atoms with Crippen LogP contribution in [-0.2, 0) is 4.79 Å². The number of para-hydroxylation sites is 1. The lowest BCUT2D eigenvalue weighted by Crippen LogP contribution is -2.47. The third-order valence-electron chi connectivity index (χ3n) is 5.23. The molecule has 0 fully saturated rings. The Hall–Kier alpha value is -3.63. The highest BCUT2D eigenvalue weighted by Crippen LogP contribution is 2.43. The van der Waals surface area contributed by atoms with Gasteiger partial charge in [0.1, 0.15) is 5.16 Å². The van der Waals surface area contributed by atoms with Crippen molar-refractivity contribution in [1.29, 1.82) is 0 Å². The van der Waals surface area contributed by atoms with Crippen LogP contribution in [0.25, 0.3) is 17.5 Å². The van der Waals surface area contributed by atoms with Crippen molar-refractivity contribution >= 4 is 46.5 Å². The van der Waals surface area contributed by atoms with E-state index in [1.54, 1.807) is 16.8 Å². The first kappa shape index (κ1) is 18.4. The van der Waals surface area contributed by atoms with Crippen LogP contribution < -0.4 is 0 Å². The Morgan fingerprint density at radius 1 is 0.867 bits per heavy atom. The van der Waals surface area contributed by atoms with E-state index >= 15 is 0 Å². The lowest BCUT2D eigenvalue weighted by molar-refractivity contribution is -0.121. The van der Waals surface area contributed by atoms with Gasteiger partial charge in [0.25, 0.3) is 5.91 Å². The molecule has 5 rings (SSSR count). The van der Waals surface area contributed by atoms with Gasteiger partial charge in [-0.3, -0.25) is 9.69 Å². The van der Waals surface area contributed by atoms with Crippen LogP contribution in [0.4, 0.5) is 5.69 Å². The van der Waals surface area contributed by atoms with Crippen molar-refractivity contribution < 1.29 is 4.79 Å². The van der Waals surface area contributed by atoms with E-state index in [-0.39, 0.29) is 5.91 Å². The molecular weight excluding hydrogens is 394 g/mol. The summed E-state index contributed by atoms with van der Waals surface area (Å²) in [5.74, 6) is 0.0924. The van der Waals surface area contributed by atoms with Crippen molar-refractivity contribution in [3.05, 3.63) is 107 Å². The second kappa shape index (κ2) is 7.32. The van der Waals surface area contributed by atoms with Crippen LogP contribution in [-0.4, -0.2) is 28.6 Å². The molecule has 1 amide bonds. The number of carbonyl (C=O) groups excluding carboxylic acids is 1. The number of benzene rings is 3. The van der Waals surface area contributed by atoms with E-state index in [0.29, 0.717) is 16.7 Å². The zero-order valence-electron chi connectivity index (χ0n) is 16.3. The molecule has 0 saturated carbocycles. The number of hydrogen-bond donors (Lipinski definition) is 0.